The monoisotopic (exact) mass is 288 g/mol. The van der Waals surface area contributed by atoms with Crippen molar-refractivity contribution in [1.82, 2.24) is 19.9 Å². The molecule has 1 aliphatic heterocycles. The van der Waals surface area contributed by atoms with Gasteiger partial charge in [0.15, 0.2) is 5.65 Å². The van der Waals surface area contributed by atoms with Gasteiger partial charge in [-0.3, -0.25) is 0 Å². The zero-order chi connectivity index (χ0) is 14.7. The predicted octanol–water partition coefficient (Wildman–Crippen LogP) is 2.68. The third-order valence-corrected chi connectivity index (χ3v) is 3.92. The summed E-state index contributed by atoms with van der Waals surface area (Å²) in [6.45, 7) is 3.73. The van der Waals surface area contributed by atoms with Gasteiger partial charge in [-0.1, -0.05) is 0 Å². The maximum atomic E-state index is 11.8. The Morgan fingerprint density at radius 2 is 2.38 bits per heavy atom. The maximum Gasteiger partial charge on any atom is 0.409 e. The molecule has 0 spiro atoms. The number of aromatic amines is 1. The van der Waals surface area contributed by atoms with Crippen molar-refractivity contribution in [3.63, 3.8) is 0 Å². The number of hydrogen-bond acceptors (Lipinski definition) is 4. The molecule has 1 amide bonds. The largest absolute Gasteiger partial charge is 0.450 e. The minimum Gasteiger partial charge on any atom is -0.450 e. The van der Waals surface area contributed by atoms with Gasteiger partial charge in [0.25, 0.3) is 0 Å². The van der Waals surface area contributed by atoms with E-state index in [4.69, 9.17) is 4.74 Å². The van der Waals surface area contributed by atoms with E-state index in [-0.39, 0.29) is 6.09 Å². The minimum atomic E-state index is -0.204. The number of fused-ring (bicyclic) bond motifs is 1. The number of nitrogens with one attached hydrogen (secondary N) is 1. The molecule has 1 atom stereocenters. The van der Waals surface area contributed by atoms with Crippen molar-refractivity contribution in [2.75, 3.05) is 19.7 Å². The first-order valence-electron chi connectivity index (χ1n) is 7.50. The van der Waals surface area contributed by atoms with Crippen LogP contribution in [-0.4, -0.2) is 45.6 Å². The van der Waals surface area contributed by atoms with Gasteiger partial charge in [0.2, 0.25) is 0 Å². The van der Waals surface area contributed by atoms with Crippen LogP contribution in [-0.2, 0) is 4.74 Å². The van der Waals surface area contributed by atoms with Crippen molar-refractivity contribution < 1.29 is 9.53 Å². The average molecular weight is 288 g/mol. The highest BCUT2D eigenvalue weighted by molar-refractivity contribution is 5.70. The zero-order valence-electron chi connectivity index (χ0n) is 12.2. The number of imidazole rings is 1. The van der Waals surface area contributed by atoms with Gasteiger partial charge in [-0.15, -0.1) is 0 Å². The van der Waals surface area contributed by atoms with Crippen LogP contribution in [0, 0.1) is 0 Å². The van der Waals surface area contributed by atoms with Crippen molar-refractivity contribution in [3.05, 3.63) is 24.2 Å². The fraction of sp³-hybridized carbons (Fsp3) is 0.533. The molecule has 3 heterocycles. The SMILES string of the molecule is CCOC(=O)N1CCCC(c2nc3ncccc3[nH]2)CC1. The number of amides is 1. The lowest BCUT2D eigenvalue weighted by Gasteiger charge is -2.19. The summed E-state index contributed by atoms with van der Waals surface area (Å²) < 4.78 is 5.08. The average Bonchev–Trinajstić information content (AvgIpc) is 2.76. The van der Waals surface area contributed by atoms with Crippen molar-refractivity contribution in [2.45, 2.75) is 32.1 Å². The molecule has 1 saturated heterocycles. The highest BCUT2D eigenvalue weighted by atomic mass is 16.6. The van der Waals surface area contributed by atoms with Gasteiger partial charge in [0.1, 0.15) is 5.82 Å². The Morgan fingerprint density at radius 1 is 1.48 bits per heavy atom. The van der Waals surface area contributed by atoms with Crippen LogP contribution in [0.1, 0.15) is 37.9 Å². The molecule has 0 bridgehead atoms. The molecule has 1 fully saturated rings. The Morgan fingerprint density at radius 3 is 3.19 bits per heavy atom. The second-order valence-electron chi connectivity index (χ2n) is 5.31. The smallest absolute Gasteiger partial charge is 0.409 e. The van der Waals surface area contributed by atoms with Gasteiger partial charge < -0.3 is 14.6 Å². The Labute approximate surface area is 123 Å². The molecule has 0 aromatic carbocycles. The van der Waals surface area contributed by atoms with E-state index in [9.17, 15) is 4.79 Å². The highest BCUT2D eigenvalue weighted by Crippen LogP contribution is 2.27. The van der Waals surface area contributed by atoms with Crippen LogP contribution >= 0.6 is 0 Å². The lowest BCUT2D eigenvalue weighted by atomic mass is 10.0. The third kappa shape index (κ3) is 2.99. The number of hydrogen-bond donors (Lipinski definition) is 1. The fourth-order valence-electron chi connectivity index (χ4n) is 2.82. The first-order chi connectivity index (χ1) is 10.3. The quantitative estimate of drug-likeness (QED) is 0.922. The summed E-state index contributed by atoms with van der Waals surface area (Å²) in [5.41, 5.74) is 1.73. The van der Waals surface area contributed by atoms with E-state index in [1.807, 2.05) is 19.1 Å². The van der Waals surface area contributed by atoms with Crippen molar-refractivity contribution in [1.29, 1.82) is 0 Å². The van der Waals surface area contributed by atoms with Crippen molar-refractivity contribution in [3.8, 4) is 0 Å². The highest BCUT2D eigenvalue weighted by Gasteiger charge is 2.24. The van der Waals surface area contributed by atoms with Crippen LogP contribution in [0.15, 0.2) is 18.3 Å². The van der Waals surface area contributed by atoms with E-state index in [1.165, 1.54) is 0 Å². The number of carbonyl (C=O) groups excluding carboxylic acids is 1. The molecule has 0 saturated carbocycles. The number of carbonyl (C=O) groups is 1. The van der Waals surface area contributed by atoms with Gasteiger partial charge in [0.05, 0.1) is 12.1 Å². The normalized spacial score (nSPS) is 19.5. The molecule has 2 aromatic heterocycles. The summed E-state index contributed by atoms with van der Waals surface area (Å²) in [6.07, 6.45) is 4.44. The molecule has 3 rings (SSSR count). The molecule has 112 valence electrons. The number of aromatic nitrogens is 3. The summed E-state index contributed by atoms with van der Waals surface area (Å²) >= 11 is 0. The van der Waals surface area contributed by atoms with Gasteiger partial charge in [0, 0.05) is 25.2 Å². The van der Waals surface area contributed by atoms with Crippen molar-refractivity contribution in [2.24, 2.45) is 0 Å². The molecule has 1 N–H and O–H groups in total. The Kier molecular flexibility index (Phi) is 4.03. The number of pyridine rings is 1. The first-order valence-corrected chi connectivity index (χ1v) is 7.50. The molecule has 21 heavy (non-hydrogen) atoms. The molecule has 0 aliphatic carbocycles. The summed E-state index contributed by atoms with van der Waals surface area (Å²) in [5.74, 6) is 1.33. The Hall–Kier alpha value is -2.11. The number of likely N-dealkylation sites (tertiary alicyclic amines) is 1. The second kappa shape index (κ2) is 6.11. The number of rotatable bonds is 2. The molecule has 6 heteroatoms. The zero-order valence-corrected chi connectivity index (χ0v) is 12.2. The van der Waals surface area contributed by atoms with Crippen LogP contribution in [0.4, 0.5) is 4.79 Å². The van der Waals surface area contributed by atoms with Gasteiger partial charge in [-0.05, 0) is 38.3 Å². The van der Waals surface area contributed by atoms with Crippen LogP contribution < -0.4 is 0 Å². The second-order valence-corrected chi connectivity index (χ2v) is 5.31. The minimum absolute atomic E-state index is 0.204. The van der Waals surface area contributed by atoms with Crippen LogP contribution in [0.25, 0.3) is 11.2 Å². The lowest BCUT2D eigenvalue weighted by molar-refractivity contribution is 0.108. The Balaban J connectivity index is 1.71. The maximum absolute atomic E-state index is 11.8. The van der Waals surface area contributed by atoms with E-state index >= 15 is 0 Å². The summed E-state index contributed by atoms with van der Waals surface area (Å²) in [6, 6.07) is 3.89. The molecule has 6 nitrogen and oxygen atoms in total. The molecule has 1 aliphatic rings. The molecule has 2 aromatic rings. The van der Waals surface area contributed by atoms with Gasteiger partial charge >= 0.3 is 6.09 Å². The van der Waals surface area contributed by atoms with E-state index < -0.39 is 0 Å². The first kappa shape index (κ1) is 13.9. The lowest BCUT2D eigenvalue weighted by Crippen LogP contribution is -2.32. The number of ether oxygens (including phenoxy) is 1. The number of H-pyrrole nitrogens is 1. The van der Waals surface area contributed by atoms with E-state index in [2.05, 4.69) is 15.0 Å². The molecule has 0 radical (unpaired) electrons. The Bertz CT molecular complexity index is 592. The van der Waals surface area contributed by atoms with Crippen LogP contribution in [0.3, 0.4) is 0 Å². The fourth-order valence-corrected chi connectivity index (χ4v) is 2.82. The van der Waals surface area contributed by atoms with E-state index in [0.717, 1.165) is 42.8 Å². The third-order valence-electron chi connectivity index (χ3n) is 3.92. The van der Waals surface area contributed by atoms with Crippen LogP contribution in [0.5, 0.6) is 0 Å². The summed E-state index contributed by atoms with van der Waals surface area (Å²) in [4.78, 5) is 25.8. The molecular weight excluding hydrogens is 268 g/mol. The van der Waals surface area contributed by atoms with Gasteiger partial charge in [-0.25, -0.2) is 14.8 Å². The molecular formula is C15H20N4O2. The van der Waals surface area contributed by atoms with E-state index in [1.54, 1.807) is 11.1 Å². The molecule has 1 unspecified atom stereocenters. The topological polar surface area (TPSA) is 71.1 Å². The van der Waals surface area contributed by atoms with Gasteiger partial charge in [-0.2, -0.15) is 0 Å². The van der Waals surface area contributed by atoms with E-state index in [0.29, 0.717) is 19.1 Å². The number of nitrogens with zero attached hydrogens (tertiary/aromatic N) is 3. The standard InChI is InChI=1S/C15H20N4O2/c1-2-21-15(20)19-9-4-5-11(7-10-19)13-17-12-6-3-8-16-14(12)18-13/h3,6,8,11H,2,4-5,7,9-10H2,1H3,(H,16,17,18). The van der Waals surface area contributed by atoms with Crippen LogP contribution in [0.2, 0.25) is 0 Å². The summed E-state index contributed by atoms with van der Waals surface area (Å²) in [5, 5.41) is 0. The van der Waals surface area contributed by atoms with Crippen molar-refractivity contribution >= 4 is 17.3 Å². The summed E-state index contributed by atoms with van der Waals surface area (Å²) in [7, 11) is 0. The predicted molar refractivity (Wildman–Crippen MR) is 79.1 cm³/mol.